The van der Waals surface area contributed by atoms with Crippen molar-refractivity contribution in [3.05, 3.63) is 66.1 Å². The van der Waals surface area contributed by atoms with Gasteiger partial charge in [0.1, 0.15) is 5.75 Å². The summed E-state index contributed by atoms with van der Waals surface area (Å²) in [6.07, 6.45) is 7.02. The van der Waals surface area contributed by atoms with Crippen LogP contribution in [0.5, 0.6) is 5.75 Å². The highest BCUT2D eigenvalue weighted by atomic mass is 16.5. The van der Waals surface area contributed by atoms with Crippen molar-refractivity contribution in [1.82, 2.24) is 20.1 Å². The van der Waals surface area contributed by atoms with Crippen LogP contribution in [-0.4, -0.2) is 27.8 Å². The first-order chi connectivity index (χ1) is 13.1. The van der Waals surface area contributed by atoms with Gasteiger partial charge in [-0.3, -0.25) is 14.5 Å². The maximum absolute atomic E-state index is 12.9. The molecule has 1 aromatic carbocycles. The fraction of sp³-hybridized carbons (Fsp3) is 0.286. The fourth-order valence-electron chi connectivity index (χ4n) is 3.52. The summed E-state index contributed by atoms with van der Waals surface area (Å²) in [5.74, 6) is 0.808. The molecule has 1 amide bonds. The number of methoxy groups -OCH3 is 1. The highest BCUT2D eigenvalue weighted by Gasteiger charge is 2.52. The highest BCUT2D eigenvalue weighted by molar-refractivity contribution is 5.92. The van der Waals surface area contributed by atoms with Crippen LogP contribution in [0.2, 0.25) is 0 Å². The van der Waals surface area contributed by atoms with Crippen molar-refractivity contribution in [2.75, 3.05) is 7.11 Å². The lowest BCUT2D eigenvalue weighted by Gasteiger charge is -2.18. The third-order valence-electron chi connectivity index (χ3n) is 5.17. The van der Waals surface area contributed by atoms with E-state index in [-0.39, 0.29) is 5.91 Å². The molecule has 27 heavy (non-hydrogen) atoms. The number of ether oxygens (including phenoxy) is 1. The van der Waals surface area contributed by atoms with Crippen molar-refractivity contribution in [3.63, 3.8) is 0 Å². The van der Waals surface area contributed by atoms with E-state index in [4.69, 9.17) is 4.74 Å². The van der Waals surface area contributed by atoms with Crippen LogP contribution in [0.3, 0.4) is 0 Å². The summed E-state index contributed by atoms with van der Waals surface area (Å²) >= 11 is 0. The Kier molecular flexibility index (Phi) is 4.39. The second kappa shape index (κ2) is 6.87. The number of carbonyl (C=O) groups is 1. The second-order valence-corrected chi connectivity index (χ2v) is 6.89. The summed E-state index contributed by atoms with van der Waals surface area (Å²) < 4.78 is 7.26. The maximum Gasteiger partial charge on any atom is 0.231 e. The van der Waals surface area contributed by atoms with E-state index in [1.807, 2.05) is 43.4 Å². The Hall–Kier alpha value is -3.15. The number of aromatic nitrogens is 3. The van der Waals surface area contributed by atoms with E-state index in [0.717, 1.165) is 41.0 Å². The number of pyridine rings is 1. The largest absolute Gasteiger partial charge is 0.496 e. The zero-order valence-corrected chi connectivity index (χ0v) is 15.5. The van der Waals surface area contributed by atoms with Crippen LogP contribution >= 0.6 is 0 Å². The molecule has 4 rings (SSSR count). The molecule has 1 saturated carbocycles. The molecule has 0 atom stereocenters. The molecule has 6 nitrogen and oxygen atoms in total. The predicted molar refractivity (Wildman–Crippen MR) is 102 cm³/mol. The smallest absolute Gasteiger partial charge is 0.231 e. The van der Waals surface area contributed by atoms with Crippen LogP contribution in [0, 0.1) is 0 Å². The molecule has 3 aromatic rings. The van der Waals surface area contributed by atoms with E-state index in [1.165, 1.54) is 0 Å². The molecule has 0 radical (unpaired) electrons. The van der Waals surface area contributed by atoms with Crippen LogP contribution in [0.1, 0.15) is 24.0 Å². The molecule has 6 heteroatoms. The third-order valence-corrected chi connectivity index (χ3v) is 5.17. The first kappa shape index (κ1) is 17.3. The van der Waals surface area contributed by atoms with Gasteiger partial charge in [0, 0.05) is 43.3 Å². The standard InChI is InChI=1S/C21H22N4O2/c1-25-18(7-10-24-25)16-11-15(12-22-14-16)13-23-20(26)21(8-9-21)17-5-3-4-6-19(17)27-2/h3-7,10-12,14H,8-9,13H2,1-2H3,(H,23,26). The molecule has 0 bridgehead atoms. The number of benzene rings is 1. The van der Waals surface area contributed by atoms with E-state index in [1.54, 1.807) is 30.4 Å². The van der Waals surface area contributed by atoms with Gasteiger partial charge in [-0.15, -0.1) is 0 Å². The minimum atomic E-state index is -0.473. The Morgan fingerprint density at radius 1 is 1.26 bits per heavy atom. The van der Waals surface area contributed by atoms with Gasteiger partial charge in [0.05, 0.1) is 18.2 Å². The lowest BCUT2D eigenvalue weighted by molar-refractivity contribution is -0.123. The van der Waals surface area contributed by atoms with Gasteiger partial charge in [-0.05, 0) is 36.6 Å². The van der Waals surface area contributed by atoms with Gasteiger partial charge in [0.2, 0.25) is 5.91 Å². The molecule has 0 aliphatic heterocycles. The lowest BCUT2D eigenvalue weighted by Crippen LogP contribution is -2.34. The average Bonchev–Trinajstić information content (AvgIpc) is 3.41. The predicted octanol–water partition coefficient (Wildman–Crippen LogP) is 2.84. The zero-order valence-electron chi connectivity index (χ0n) is 15.5. The Bertz CT molecular complexity index is 976. The van der Waals surface area contributed by atoms with Gasteiger partial charge >= 0.3 is 0 Å². The molecular formula is C21H22N4O2. The Labute approximate surface area is 158 Å². The van der Waals surface area contributed by atoms with Crippen LogP contribution in [0.15, 0.2) is 55.0 Å². The van der Waals surface area contributed by atoms with Crippen LogP contribution in [0.25, 0.3) is 11.3 Å². The number of nitrogens with one attached hydrogen (secondary N) is 1. The summed E-state index contributed by atoms with van der Waals surface area (Å²) in [6.45, 7) is 0.439. The van der Waals surface area contributed by atoms with Crippen LogP contribution < -0.4 is 10.1 Å². The molecular weight excluding hydrogens is 340 g/mol. The van der Waals surface area contributed by atoms with Gasteiger partial charge in [-0.1, -0.05) is 18.2 Å². The number of carbonyl (C=O) groups excluding carboxylic acids is 1. The topological polar surface area (TPSA) is 69.0 Å². The van der Waals surface area contributed by atoms with Gasteiger partial charge in [-0.25, -0.2) is 0 Å². The van der Waals surface area contributed by atoms with Crippen molar-refractivity contribution < 1.29 is 9.53 Å². The lowest BCUT2D eigenvalue weighted by atomic mass is 9.94. The summed E-state index contributed by atoms with van der Waals surface area (Å²) in [7, 11) is 3.54. The summed E-state index contributed by atoms with van der Waals surface area (Å²) in [6, 6.07) is 11.7. The number of para-hydroxylation sites is 1. The maximum atomic E-state index is 12.9. The molecule has 138 valence electrons. The Balaban J connectivity index is 1.49. The number of rotatable bonds is 6. The van der Waals surface area contributed by atoms with E-state index in [2.05, 4.69) is 15.4 Å². The number of hydrogen-bond donors (Lipinski definition) is 1. The summed E-state index contributed by atoms with van der Waals surface area (Å²) in [4.78, 5) is 17.2. The van der Waals surface area contributed by atoms with Crippen LogP contribution in [0.4, 0.5) is 0 Å². The van der Waals surface area contributed by atoms with Crippen molar-refractivity contribution in [2.24, 2.45) is 7.05 Å². The molecule has 1 aliphatic carbocycles. The third kappa shape index (κ3) is 3.18. The number of amides is 1. The van der Waals surface area contributed by atoms with E-state index < -0.39 is 5.41 Å². The molecule has 0 unspecified atom stereocenters. The van der Waals surface area contributed by atoms with Crippen molar-refractivity contribution in [1.29, 1.82) is 0 Å². The van der Waals surface area contributed by atoms with Crippen LogP contribution in [-0.2, 0) is 23.8 Å². The number of aryl methyl sites for hydroxylation is 1. The Morgan fingerprint density at radius 2 is 2.07 bits per heavy atom. The molecule has 2 aromatic heterocycles. The normalized spacial score (nSPS) is 14.6. The molecule has 1 aliphatic rings. The van der Waals surface area contributed by atoms with Crippen molar-refractivity contribution in [3.8, 4) is 17.0 Å². The average molecular weight is 362 g/mol. The first-order valence-electron chi connectivity index (χ1n) is 8.98. The van der Waals surface area contributed by atoms with Gasteiger partial charge < -0.3 is 10.1 Å². The van der Waals surface area contributed by atoms with E-state index >= 15 is 0 Å². The van der Waals surface area contributed by atoms with Crippen molar-refractivity contribution >= 4 is 5.91 Å². The van der Waals surface area contributed by atoms with E-state index in [0.29, 0.717) is 6.54 Å². The zero-order chi connectivity index (χ0) is 18.9. The quantitative estimate of drug-likeness (QED) is 0.732. The molecule has 0 saturated heterocycles. The first-order valence-corrected chi connectivity index (χ1v) is 8.98. The minimum Gasteiger partial charge on any atom is -0.496 e. The van der Waals surface area contributed by atoms with E-state index in [9.17, 15) is 4.79 Å². The van der Waals surface area contributed by atoms with Gasteiger partial charge in [0.15, 0.2) is 0 Å². The minimum absolute atomic E-state index is 0.0398. The van der Waals surface area contributed by atoms with Crippen molar-refractivity contribution in [2.45, 2.75) is 24.8 Å². The second-order valence-electron chi connectivity index (χ2n) is 6.89. The molecule has 2 heterocycles. The van der Waals surface area contributed by atoms with Gasteiger partial charge in [0.25, 0.3) is 0 Å². The SMILES string of the molecule is COc1ccccc1C1(C(=O)NCc2cncc(-c3ccnn3C)c2)CC1. The molecule has 1 fully saturated rings. The summed E-state index contributed by atoms with van der Waals surface area (Å²) in [5.41, 5.74) is 3.42. The number of nitrogens with zero attached hydrogens (tertiary/aromatic N) is 3. The number of hydrogen-bond acceptors (Lipinski definition) is 4. The van der Waals surface area contributed by atoms with Gasteiger partial charge in [-0.2, -0.15) is 5.10 Å². The Morgan fingerprint density at radius 3 is 2.78 bits per heavy atom. The fourth-order valence-corrected chi connectivity index (χ4v) is 3.52. The monoisotopic (exact) mass is 362 g/mol. The highest BCUT2D eigenvalue weighted by Crippen LogP contribution is 2.51. The summed E-state index contributed by atoms with van der Waals surface area (Å²) in [5, 5.41) is 7.28. The molecule has 0 spiro atoms. The molecule has 1 N–H and O–H groups in total.